The molecule has 7 nitrogen and oxygen atoms in total. The van der Waals surface area contributed by atoms with Gasteiger partial charge in [0.05, 0.1) is 0 Å². The summed E-state index contributed by atoms with van der Waals surface area (Å²) in [6.45, 7) is 4.17. The van der Waals surface area contributed by atoms with Crippen LogP contribution in [-0.4, -0.2) is 25.8 Å². The fraction of sp³-hybridized carbons (Fsp3) is 0.200. The van der Waals surface area contributed by atoms with E-state index in [0.717, 1.165) is 5.56 Å². The molecule has 0 spiro atoms. The van der Waals surface area contributed by atoms with Gasteiger partial charge in [0.15, 0.2) is 11.5 Å². The van der Waals surface area contributed by atoms with Gasteiger partial charge in [-0.2, -0.15) is 10.1 Å². The van der Waals surface area contributed by atoms with Gasteiger partial charge in [0.25, 0.3) is 5.56 Å². The van der Waals surface area contributed by atoms with Crippen LogP contribution in [0.25, 0.3) is 22.6 Å². The molecule has 0 unspecified atom stereocenters. The number of aromatic nitrogens is 3. The zero-order valence-corrected chi connectivity index (χ0v) is 14.9. The van der Waals surface area contributed by atoms with Crippen molar-refractivity contribution in [2.24, 2.45) is 0 Å². The summed E-state index contributed by atoms with van der Waals surface area (Å²) in [5.74, 6) is -0.499. The van der Waals surface area contributed by atoms with Crippen LogP contribution in [0.5, 0.6) is 0 Å². The lowest BCUT2D eigenvalue weighted by atomic mass is 10.0. The summed E-state index contributed by atoms with van der Waals surface area (Å²) in [7, 11) is 0. The first-order valence-corrected chi connectivity index (χ1v) is 8.65. The predicted molar refractivity (Wildman–Crippen MR) is 102 cm³/mol. The van der Waals surface area contributed by atoms with E-state index in [0.29, 0.717) is 22.7 Å². The van der Waals surface area contributed by atoms with Gasteiger partial charge >= 0.3 is 5.97 Å². The average molecular weight is 362 g/mol. The number of benzene rings is 2. The van der Waals surface area contributed by atoms with E-state index in [2.05, 4.69) is 29.2 Å². The number of hydrogen-bond donors (Lipinski definition) is 2. The summed E-state index contributed by atoms with van der Waals surface area (Å²) < 4.78 is 1.26. The Hall–Kier alpha value is -3.48. The zero-order valence-electron chi connectivity index (χ0n) is 14.9. The fourth-order valence-electron chi connectivity index (χ4n) is 3.15. The highest BCUT2D eigenvalue weighted by atomic mass is 16.4. The minimum atomic E-state index is -1.14. The number of nitrogens with zero attached hydrogens (tertiary/aromatic N) is 3. The van der Waals surface area contributed by atoms with Crippen LogP contribution in [0.1, 0.15) is 31.5 Å². The van der Waals surface area contributed by atoms with E-state index in [1.807, 2.05) is 24.3 Å². The molecule has 0 aliphatic carbocycles. The minimum absolute atomic E-state index is 0.126. The first-order chi connectivity index (χ1) is 13.0. The second kappa shape index (κ2) is 6.35. The van der Waals surface area contributed by atoms with Gasteiger partial charge in [-0.3, -0.25) is 4.79 Å². The SMILES string of the molecule is CC(C)c1ccc(-c2nn3c(nc2=O)-c2ccccc2N[C@H]3C(=O)O)cc1. The molecular formula is C20H18N4O3. The van der Waals surface area contributed by atoms with Gasteiger partial charge < -0.3 is 10.4 Å². The van der Waals surface area contributed by atoms with Crippen molar-refractivity contribution in [1.82, 2.24) is 14.8 Å². The molecule has 136 valence electrons. The zero-order chi connectivity index (χ0) is 19.1. The van der Waals surface area contributed by atoms with Crippen LogP contribution >= 0.6 is 0 Å². The van der Waals surface area contributed by atoms with Gasteiger partial charge in [0, 0.05) is 16.8 Å². The molecule has 4 rings (SSSR count). The highest BCUT2D eigenvalue weighted by Gasteiger charge is 2.31. The van der Waals surface area contributed by atoms with Crippen molar-refractivity contribution in [2.45, 2.75) is 25.9 Å². The van der Waals surface area contributed by atoms with E-state index < -0.39 is 17.7 Å². The summed E-state index contributed by atoms with van der Waals surface area (Å²) in [5, 5.41) is 16.9. The van der Waals surface area contributed by atoms with Crippen molar-refractivity contribution in [3.8, 4) is 22.6 Å². The Morgan fingerprint density at radius 1 is 1.15 bits per heavy atom. The van der Waals surface area contributed by atoms with Gasteiger partial charge in [-0.15, -0.1) is 0 Å². The Morgan fingerprint density at radius 3 is 2.52 bits per heavy atom. The standard InChI is InChI=1S/C20H18N4O3/c1-11(2)12-7-9-13(10-8-12)16-19(25)22-17-14-5-3-4-6-15(14)21-18(20(26)27)24(17)23-16/h3-11,18,21H,1-2H3,(H,26,27)/t18-/m1/s1. The van der Waals surface area contributed by atoms with Crippen molar-refractivity contribution < 1.29 is 9.90 Å². The molecule has 1 aromatic heterocycles. The van der Waals surface area contributed by atoms with Crippen molar-refractivity contribution >= 4 is 11.7 Å². The Morgan fingerprint density at radius 2 is 1.85 bits per heavy atom. The topological polar surface area (TPSA) is 97.1 Å². The number of carboxylic acid groups (broad SMARTS) is 1. The first-order valence-electron chi connectivity index (χ1n) is 8.65. The Balaban J connectivity index is 1.90. The molecule has 3 aromatic rings. The second-order valence-electron chi connectivity index (χ2n) is 6.74. The first kappa shape index (κ1) is 17.0. The molecule has 27 heavy (non-hydrogen) atoms. The molecule has 1 atom stereocenters. The molecular weight excluding hydrogens is 344 g/mol. The lowest BCUT2D eigenvalue weighted by molar-refractivity contribution is -0.140. The van der Waals surface area contributed by atoms with Gasteiger partial charge in [0.1, 0.15) is 0 Å². The van der Waals surface area contributed by atoms with Crippen LogP contribution in [0.2, 0.25) is 0 Å². The molecule has 0 radical (unpaired) electrons. The maximum Gasteiger partial charge on any atom is 0.349 e. The molecule has 0 amide bonds. The monoisotopic (exact) mass is 362 g/mol. The number of rotatable bonds is 3. The highest BCUT2D eigenvalue weighted by Crippen LogP contribution is 2.33. The summed E-state index contributed by atoms with van der Waals surface area (Å²) in [6.07, 6.45) is -1.14. The smallest absolute Gasteiger partial charge is 0.349 e. The third-order valence-corrected chi connectivity index (χ3v) is 4.62. The number of hydrogen-bond acceptors (Lipinski definition) is 5. The van der Waals surface area contributed by atoms with Crippen molar-refractivity contribution in [1.29, 1.82) is 0 Å². The van der Waals surface area contributed by atoms with E-state index in [4.69, 9.17) is 0 Å². The lowest BCUT2D eigenvalue weighted by Gasteiger charge is -2.27. The summed E-state index contributed by atoms with van der Waals surface area (Å²) >= 11 is 0. The van der Waals surface area contributed by atoms with Crippen LogP contribution in [-0.2, 0) is 4.79 Å². The van der Waals surface area contributed by atoms with Crippen LogP contribution in [0, 0.1) is 0 Å². The molecule has 0 fully saturated rings. The van der Waals surface area contributed by atoms with Gasteiger partial charge in [-0.1, -0.05) is 50.2 Å². The van der Waals surface area contributed by atoms with E-state index in [9.17, 15) is 14.7 Å². The van der Waals surface area contributed by atoms with Gasteiger partial charge in [-0.25, -0.2) is 9.48 Å². The van der Waals surface area contributed by atoms with Crippen LogP contribution in [0.4, 0.5) is 5.69 Å². The Bertz CT molecular complexity index is 1090. The Kier molecular flexibility index (Phi) is 3.99. The summed E-state index contributed by atoms with van der Waals surface area (Å²) in [4.78, 5) is 28.6. The second-order valence-corrected chi connectivity index (χ2v) is 6.74. The largest absolute Gasteiger partial charge is 0.478 e. The summed E-state index contributed by atoms with van der Waals surface area (Å²) in [5.41, 5.74) is 2.63. The number of nitrogens with one attached hydrogen (secondary N) is 1. The van der Waals surface area contributed by atoms with Gasteiger partial charge in [-0.05, 0) is 23.6 Å². The van der Waals surface area contributed by atoms with Crippen LogP contribution in [0.15, 0.2) is 53.3 Å². The molecule has 0 bridgehead atoms. The molecule has 0 saturated carbocycles. The number of fused-ring (bicyclic) bond motifs is 3. The Labute approximate surface area is 155 Å². The van der Waals surface area contributed by atoms with Crippen molar-refractivity contribution in [3.05, 3.63) is 64.4 Å². The molecule has 0 saturated heterocycles. The van der Waals surface area contributed by atoms with Crippen LogP contribution < -0.4 is 10.9 Å². The molecule has 1 aliphatic heterocycles. The van der Waals surface area contributed by atoms with E-state index >= 15 is 0 Å². The molecule has 2 aromatic carbocycles. The van der Waals surface area contributed by atoms with E-state index in [-0.39, 0.29) is 11.5 Å². The number of carboxylic acids is 1. The molecule has 2 heterocycles. The van der Waals surface area contributed by atoms with Crippen molar-refractivity contribution in [3.63, 3.8) is 0 Å². The number of anilines is 1. The normalized spacial score (nSPS) is 15.0. The maximum absolute atomic E-state index is 12.6. The number of aliphatic carboxylic acids is 1. The lowest BCUT2D eigenvalue weighted by Crippen LogP contribution is -2.35. The highest BCUT2D eigenvalue weighted by molar-refractivity contribution is 5.84. The summed E-state index contributed by atoms with van der Waals surface area (Å²) in [6, 6.07) is 14.6. The van der Waals surface area contributed by atoms with Crippen LogP contribution in [0.3, 0.4) is 0 Å². The van der Waals surface area contributed by atoms with Gasteiger partial charge in [0.2, 0.25) is 6.17 Å². The average Bonchev–Trinajstić information content (AvgIpc) is 2.67. The number of para-hydroxylation sites is 1. The maximum atomic E-state index is 12.6. The third-order valence-electron chi connectivity index (χ3n) is 4.62. The van der Waals surface area contributed by atoms with Crippen molar-refractivity contribution in [2.75, 3.05) is 5.32 Å². The minimum Gasteiger partial charge on any atom is -0.478 e. The van der Waals surface area contributed by atoms with E-state index in [1.54, 1.807) is 24.3 Å². The quantitative estimate of drug-likeness (QED) is 0.743. The number of carbonyl (C=O) groups is 1. The third kappa shape index (κ3) is 2.87. The van der Waals surface area contributed by atoms with E-state index in [1.165, 1.54) is 4.68 Å². The molecule has 2 N–H and O–H groups in total. The fourth-order valence-corrected chi connectivity index (χ4v) is 3.15. The predicted octanol–water partition coefficient (Wildman–Crippen LogP) is 3.10. The molecule has 1 aliphatic rings. The molecule has 7 heteroatoms.